The highest BCUT2D eigenvalue weighted by molar-refractivity contribution is 7.98. The van der Waals surface area contributed by atoms with Crippen LogP contribution < -0.4 is 0 Å². The zero-order valence-electron chi connectivity index (χ0n) is 13.0. The lowest BCUT2D eigenvalue weighted by atomic mass is 10.1. The second-order valence-electron chi connectivity index (χ2n) is 6.30. The van der Waals surface area contributed by atoms with E-state index in [1.165, 1.54) is 19.4 Å². The molecule has 2 aliphatic rings. The number of nitrogens with zero attached hydrogens (tertiary/aromatic N) is 2. The summed E-state index contributed by atoms with van der Waals surface area (Å²) < 4.78 is 5.83. The number of thioether (sulfide) groups is 1. The van der Waals surface area contributed by atoms with Crippen molar-refractivity contribution < 1.29 is 9.53 Å². The third kappa shape index (κ3) is 4.93. The number of carbonyl (C=O) groups is 1. The molecule has 0 aromatic rings. The summed E-state index contributed by atoms with van der Waals surface area (Å²) in [6.07, 6.45) is 5.00. The van der Waals surface area contributed by atoms with Crippen molar-refractivity contribution >= 4 is 17.7 Å². The van der Waals surface area contributed by atoms with E-state index >= 15 is 0 Å². The Hall–Kier alpha value is -0.260. The Morgan fingerprint density at radius 2 is 2.20 bits per heavy atom. The third-order valence-electron chi connectivity index (χ3n) is 4.07. The third-order valence-corrected chi connectivity index (χ3v) is 4.90. The topological polar surface area (TPSA) is 32.8 Å². The lowest BCUT2D eigenvalue weighted by Crippen LogP contribution is -2.50. The number of hydrogen-bond acceptors (Lipinski definition) is 4. The molecule has 1 amide bonds. The summed E-state index contributed by atoms with van der Waals surface area (Å²) in [7, 11) is 2.17. The van der Waals surface area contributed by atoms with Crippen LogP contribution in [0.5, 0.6) is 0 Å². The summed E-state index contributed by atoms with van der Waals surface area (Å²) in [5.74, 6) is 2.22. The standard InChI is InChI=1S/C15H28N2O2S/c1-12(11-20-3)15(18)17-6-7-19-14(10-17)9-16(2)8-13-4-5-13/h12-14H,4-11H2,1-3H3/t12-,14+/m1/s1. The van der Waals surface area contributed by atoms with Crippen LogP contribution in [0.2, 0.25) is 0 Å². The van der Waals surface area contributed by atoms with Gasteiger partial charge in [-0.05, 0) is 32.1 Å². The van der Waals surface area contributed by atoms with E-state index in [0.717, 1.165) is 31.3 Å². The molecule has 0 spiro atoms. The normalized spacial score (nSPS) is 25.0. The highest BCUT2D eigenvalue weighted by atomic mass is 32.2. The molecule has 0 aromatic carbocycles. The first-order valence-corrected chi connectivity index (χ1v) is 9.07. The van der Waals surface area contributed by atoms with Crippen LogP contribution in [0, 0.1) is 11.8 Å². The Kier molecular flexibility index (Phi) is 6.18. The number of carbonyl (C=O) groups excluding carboxylic acids is 1. The molecule has 1 saturated heterocycles. The van der Waals surface area contributed by atoms with E-state index in [9.17, 15) is 4.79 Å². The van der Waals surface area contributed by atoms with Gasteiger partial charge in [-0.1, -0.05) is 6.92 Å². The lowest BCUT2D eigenvalue weighted by molar-refractivity contribution is -0.142. The highest BCUT2D eigenvalue weighted by Crippen LogP contribution is 2.29. The van der Waals surface area contributed by atoms with Gasteiger partial charge < -0.3 is 14.5 Å². The molecule has 1 aliphatic heterocycles. The summed E-state index contributed by atoms with van der Waals surface area (Å²) in [5, 5.41) is 0. The van der Waals surface area contributed by atoms with Crippen LogP contribution in [0.15, 0.2) is 0 Å². The molecule has 0 bridgehead atoms. The summed E-state index contributed by atoms with van der Waals surface area (Å²) in [4.78, 5) is 16.7. The van der Waals surface area contributed by atoms with Gasteiger partial charge >= 0.3 is 0 Å². The molecule has 1 saturated carbocycles. The van der Waals surface area contributed by atoms with Gasteiger partial charge in [-0.3, -0.25) is 4.79 Å². The van der Waals surface area contributed by atoms with Gasteiger partial charge in [-0.25, -0.2) is 0 Å². The van der Waals surface area contributed by atoms with Gasteiger partial charge in [0, 0.05) is 37.8 Å². The van der Waals surface area contributed by atoms with Gasteiger partial charge in [-0.15, -0.1) is 0 Å². The van der Waals surface area contributed by atoms with Crippen molar-refractivity contribution in [1.29, 1.82) is 0 Å². The largest absolute Gasteiger partial charge is 0.373 e. The molecular weight excluding hydrogens is 272 g/mol. The summed E-state index contributed by atoms with van der Waals surface area (Å²) in [5.41, 5.74) is 0. The van der Waals surface area contributed by atoms with Crippen molar-refractivity contribution in [2.24, 2.45) is 11.8 Å². The van der Waals surface area contributed by atoms with Crippen LogP contribution in [-0.2, 0) is 9.53 Å². The smallest absolute Gasteiger partial charge is 0.226 e. The maximum Gasteiger partial charge on any atom is 0.226 e. The maximum atomic E-state index is 12.4. The van der Waals surface area contributed by atoms with E-state index < -0.39 is 0 Å². The van der Waals surface area contributed by atoms with Crippen molar-refractivity contribution in [2.45, 2.75) is 25.9 Å². The molecule has 0 aromatic heterocycles. The highest BCUT2D eigenvalue weighted by Gasteiger charge is 2.29. The molecule has 1 heterocycles. The number of hydrogen-bond donors (Lipinski definition) is 0. The van der Waals surface area contributed by atoms with Crippen LogP contribution in [-0.4, -0.2) is 73.7 Å². The molecule has 20 heavy (non-hydrogen) atoms. The number of morpholine rings is 1. The van der Waals surface area contributed by atoms with Crippen LogP contribution in [0.4, 0.5) is 0 Å². The Labute approximate surface area is 127 Å². The van der Waals surface area contributed by atoms with Gasteiger partial charge in [0.15, 0.2) is 0 Å². The van der Waals surface area contributed by atoms with E-state index in [1.54, 1.807) is 11.8 Å². The molecule has 116 valence electrons. The summed E-state index contributed by atoms with van der Waals surface area (Å²) in [6.45, 7) is 6.34. The fraction of sp³-hybridized carbons (Fsp3) is 0.933. The molecule has 0 N–H and O–H groups in total. The number of ether oxygens (including phenoxy) is 1. The molecule has 5 heteroatoms. The number of rotatable bonds is 7. The van der Waals surface area contributed by atoms with Crippen LogP contribution in [0.3, 0.4) is 0 Å². The fourth-order valence-electron chi connectivity index (χ4n) is 2.83. The average Bonchev–Trinajstić information content (AvgIpc) is 3.22. The minimum atomic E-state index is 0.118. The zero-order chi connectivity index (χ0) is 14.5. The van der Waals surface area contributed by atoms with Crippen molar-refractivity contribution in [2.75, 3.05) is 51.8 Å². The second-order valence-corrected chi connectivity index (χ2v) is 7.21. The number of amides is 1. The lowest BCUT2D eigenvalue weighted by Gasteiger charge is -2.36. The van der Waals surface area contributed by atoms with Crippen molar-refractivity contribution in [1.82, 2.24) is 9.80 Å². The fourth-order valence-corrected chi connectivity index (χ4v) is 3.47. The van der Waals surface area contributed by atoms with E-state index in [-0.39, 0.29) is 17.9 Å². The minimum Gasteiger partial charge on any atom is -0.373 e. The Balaban J connectivity index is 1.76. The Morgan fingerprint density at radius 3 is 2.85 bits per heavy atom. The Morgan fingerprint density at radius 1 is 1.45 bits per heavy atom. The number of likely N-dealkylation sites (N-methyl/N-ethyl adjacent to an activating group) is 1. The van der Waals surface area contributed by atoms with Crippen LogP contribution >= 0.6 is 11.8 Å². The van der Waals surface area contributed by atoms with E-state index in [0.29, 0.717) is 6.61 Å². The molecule has 2 rings (SSSR count). The quantitative estimate of drug-likeness (QED) is 0.714. The van der Waals surface area contributed by atoms with Crippen molar-refractivity contribution in [3.63, 3.8) is 0 Å². The second kappa shape index (κ2) is 7.66. The summed E-state index contributed by atoms with van der Waals surface area (Å²) >= 11 is 1.74. The van der Waals surface area contributed by atoms with Gasteiger partial charge in [0.05, 0.1) is 12.7 Å². The van der Waals surface area contributed by atoms with Crippen molar-refractivity contribution in [3.05, 3.63) is 0 Å². The zero-order valence-corrected chi connectivity index (χ0v) is 13.8. The van der Waals surface area contributed by atoms with Crippen LogP contribution in [0.25, 0.3) is 0 Å². The van der Waals surface area contributed by atoms with E-state index in [1.807, 2.05) is 11.8 Å². The molecule has 2 fully saturated rings. The van der Waals surface area contributed by atoms with E-state index in [4.69, 9.17) is 4.74 Å². The SMILES string of the molecule is CSC[C@@H](C)C(=O)N1CCO[C@@H](CN(C)CC2CC2)C1. The molecular formula is C15H28N2O2S. The minimum absolute atomic E-state index is 0.118. The van der Waals surface area contributed by atoms with E-state index in [2.05, 4.69) is 18.2 Å². The monoisotopic (exact) mass is 300 g/mol. The Bertz CT molecular complexity index is 323. The first-order valence-electron chi connectivity index (χ1n) is 7.68. The van der Waals surface area contributed by atoms with Gasteiger partial charge in [-0.2, -0.15) is 11.8 Å². The molecule has 4 nitrogen and oxygen atoms in total. The van der Waals surface area contributed by atoms with Crippen LogP contribution in [0.1, 0.15) is 19.8 Å². The predicted molar refractivity (Wildman–Crippen MR) is 84.1 cm³/mol. The molecule has 1 aliphatic carbocycles. The first kappa shape index (κ1) is 16.1. The molecule has 0 radical (unpaired) electrons. The van der Waals surface area contributed by atoms with Gasteiger partial charge in [0.2, 0.25) is 5.91 Å². The van der Waals surface area contributed by atoms with Gasteiger partial charge in [0.25, 0.3) is 0 Å². The van der Waals surface area contributed by atoms with Crippen molar-refractivity contribution in [3.8, 4) is 0 Å². The predicted octanol–water partition coefficient (Wildman–Crippen LogP) is 1.55. The average molecular weight is 300 g/mol. The summed E-state index contributed by atoms with van der Waals surface area (Å²) in [6, 6.07) is 0. The van der Waals surface area contributed by atoms with Gasteiger partial charge in [0.1, 0.15) is 0 Å². The first-order chi connectivity index (χ1) is 9.60. The maximum absolute atomic E-state index is 12.4. The molecule has 2 atom stereocenters. The molecule has 0 unspecified atom stereocenters.